The van der Waals surface area contributed by atoms with E-state index in [1.54, 1.807) is 0 Å². The molecule has 0 spiro atoms. The lowest BCUT2D eigenvalue weighted by Gasteiger charge is -2.18. The smallest absolute Gasteiger partial charge is 0.357 e. The first kappa shape index (κ1) is 12.6. The van der Waals surface area contributed by atoms with Gasteiger partial charge in [0.15, 0.2) is 0 Å². The molecule has 1 heterocycles. The maximum Gasteiger partial charge on any atom is 0.445 e. The summed E-state index contributed by atoms with van der Waals surface area (Å²) in [5.74, 6) is 1.05. The van der Waals surface area contributed by atoms with Gasteiger partial charge in [0.25, 0.3) is 0 Å². The van der Waals surface area contributed by atoms with E-state index in [4.69, 9.17) is 0 Å². The Morgan fingerprint density at radius 3 is 2.41 bits per heavy atom. The highest BCUT2D eigenvalue weighted by Gasteiger charge is 2.36. The van der Waals surface area contributed by atoms with Crippen LogP contribution in [0.4, 0.5) is 18.3 Å². The summed E-state index contributed by atoms with van der Waals surface area (Å²) in [5.41, 5.74) is 0. The molecule has 96 valence electrons. The fourth-order valence-corrected chi connectivity index (χ4v) is 2.80. The first-order valence-corrected chi connectivity index (χ1v) is 6.37. The van der Waals surface area contributed by atoms with Crippen LogP contribution in [0.3, 0.4) is 0 Å². The van der Waals surface area contributed by atoms with Gasteiger partial charge < -0.3 is 5.32 Å². The van der Waals surface area contributed by atoms with Crippen LogP contribution in [-0.4, -0.2) is 16.2 Å². The van der Waals surface area contributed by atoms with Gasteiger partial charge in [-0.15, -0.1) is 10.2 Å². The number of hydrogen-bond acceptors (Lipinski definition) is 4. The maximum absolute atomic E-state index is 12.3. The average Bonchev–Trinajstić information content (AvgIpc) is 2.80. The molecule has 0 radical (unpaired) electrons. The number of nitrogens with zero attached hydrogens (tertiary/aromatic N) is 2. The van der Waals surface area contributed by atoms with Crippen LogP contribution in [-0.2, 0) is 6.18 Å². The van der Waals surface area contributed by atoms with E-state index in [2.05, 4.69) is 29.4 Å². The quantitative estimate of drug-likeness (QED) is 0.890. The van der Waals surface area contributed by atoms with E-state index in [1.165, 1.54) is 0 Å². The molecule has 0 bridgehead atoms. The molecule has 7 heteroatoms. The van der Waals surface area contributed by atoms with Crippen molar-refractivity contribution in [1.82, 2.24) is 10.2 Å². The summed E-state index contributed by atoms with van der Waals surface area (Å²) < 4.78 is 37.0. The third-order valence-electron chi connectivity index (χ3n) is 3.44. The fourth-order valence-electron chi connectivity index (χ4n) is 2.12. The normalized spacial score (nSPS) is 29.6. The highest BCUT2D eigenvalue weighted by atomic mass is 32.1. The minimum Gasteiger partial charge on any atom is -0.357 e. The number of anilines is 1. The van der Waals surface area contributed by atoms with Crippen molar-refractivity contribution < 1.29 is 13.2 Å². The largest absolute Gasteiger partial charge is 0.445 e. The maximum atomic E-state index is 12.3. The fraction of sp³-hybridized carbons (Fsp3) is 0.800. The Balaban J connectivity index is 2.03. The third kappa shape index (κ3) is 2.70. The van der Waals surface area contributed by atoms with E-state index in [1.807, 2.05) is 0 Å². The lowest BCUT2D eigenvalue weighted by Crippen LogP contribution is -2.23. The number of nitrogens with one attached hydrogen (secondary N) is 1. The van der Waals surface area contributed by atoms with E-state index >= 15 is 0 Å². The molecule has 3 nitrogen and oxygen atoms in total. The average molecular weight is 265 g/mol. The van der Waals surface area contributed by atoms with Crippen molar-refractivity contribution in [3.05, 3.63) is 5.01 Å². The van der Waals surface area contributed by atoms with Crippen LogP contribution in [0.5, 0.6) is 0 Å². The van der Waals surface area contributed by atoms with Crippen LogP contribution in [0.15, 0.2) is 0 Å². The van der Waals surface area contributed by atoms with Crippen molar-refractivity contribution in [3.63, 3.8) is 0 Å². The van der Waals surface area contributed by atoms with Gasteiger partial charge in [0.1, 0.15) is 0 Å². The molecule has 17 heavy (non-hydrogen) atoms. The Morgan fingerprint density at radius 2 is 1.94 bits per heavy atom. The van der Waals surface area contributed by atoms with Gasteiger partial charge >= 0.3 is 6.18 Å². The Kier molecular flexibility index (Phi) is 3.29. The highest BCUT2D eigenvalue weighted by molar-refractivity contribution is 7.15. The van der Waals surface area contributed by atoms with Crippen molar-refractivity contribution in [1.29, 1.82) is 0 Å². The monoisotopic (exact) mass is 265 g/mol. The Morgan fingerprint density at radius 1 is 1.24 bits per heavy atom. The number of rotatable bonds is 2. The van der Waals surface area contributed by atoms with E-state index in [0.29, 0.717) is 23.2 Å². The van der Waals surface area contributed by atoms with Gasteiger partial charge in [0, 0.05) is 6.04 Å². The minimum atomic E-state index is -4.40. The van der Waals surface area contributed by atoms with Gasteiger partial charge in [-0.25, -0.2) is 0 Å². The summed E-state index contributed by atoms with van der Waals surface area (Å²) in [6, 6.07) is 0.207. The third-order valence-corrected chi connectivity index (χ3v) is 4.34. The summed E-state index contributed by atoms with van der Waals surface area (Å²) in [6.45, 7) is 4.27. The molecular weight excluding hydrogens is 251 g/mol. The standard InChI is InChI=1S/C10H14F3N3S/c1-5-3-4-7(6(5)2)14-9-16-15-8(17-9)10(11,12)13/h5-7H,3-4H2,1-2H3,(H,14,16). The molecule has 1 aromatic heterocycles. The summed E-state index contributed by atoms with van der Waals surface area (Å²) in [7, 11) is 0. The van der Waals surface area contributed by atoms with Crippen molar-refractivity contribution >= 4 is 16.5 Å². The zero-order chi connectivity index (χ0) is 12.6. The molecule has 0 aliphatic heterocycles. The number of hydrogen-bond donors (Lipinski definition) is 1. The second-order valence-corrected chi connectivity index (χ2v) is 5.55. The molecule has 2 rings (SSSR count). The first-order valence-electron chi connectivity index (χ1n) is 5.55. The highest BCUT2D eigenvalue weighted by Crippen LogP contribution is 2.36. The molecule has 0 aromatic carbocycles. The molecule has 0 amide bonds. The molecular formula is C10H14F3N3S. The van der Waals surface area contributed by atoms with Crippen LogP contribution in [0.2, 0.25) is 0 Å². The van der Waals surface area contributed by atoms with E-state index < -0.39 is 11.2 Å². The van der Waals surface area contributed by atoms with Gasteiger partial charge in [0.2, 0.25) is 10.1 Å². The number of halogens is 3. The van der Waals surface area contributed by atoms with Crippen LogP contribution in [0.1, 0.15) is 31.7 Å². The molecule has 1 aliphatic carbocycles. The molecule has 1 aromatic rings. The second-order valence-electron chi connectivity index (χ2n) is 4.57. The summed E-state index contributed by atoms with van der Waals surface area (Å²) in [6.07, 6.45) is -2.32. The number of alkyl halides is 3. The zero-order valence-corrected chi connectivity index (χ0v) is 10.4. The lowest BCUT2D eigenvalue weighted by atomic mass is 9.98. The molecule has 3 unspecified atom stereocenters. The Labute approximate surface area is 101 Å². The van der Waals surface area contributed by atoms with Crippen molar-refractivity contribution in [2.45, 2.75) is 38.9 Å². The van der Waals surface area contributed by atoms with Crippen LogP contribution < -0.4 is 5.32 Å². The van der Waals surface area contributed by atoms with Gasteiger partial charge in [-0.3, -0.25) is 0 Å². The molecule has 1 aliphatic rings. The van der Waals surface area contributed by atoms with Crippen LogP contribution >= 0.6 is 11.3 Å². The van der Waals surface area contributed by atoms with Crippen molar-refractivity contribution in [2.24, 2.45) is 11.8 Å². The van der Waals surface area contributed by atoms with Gasteiger partial charge in [-0.1, -0.05) is 25.2 Å². The predicted octanol–water partition coefficient (Wildman–Crippen LogP) is 3.40. The van der Waals surface area contributed by atoms with Crippen LogP contribution in [0.25, 0.3) is 0 Å². The van der Waals surface area contributed by atoms with E-state index in [0.717, 1.165) is 12.8 Å². The van der Waals surface area contributed by atoms with E-state index in [-0.39, 0.29) is 11.2 Å². The van der Waals surface area contributed by atoms with Gasteiger partial charge in [0.05, 0.1) is 0 Å². The first-order chi connectivity index (χ1) is 7.88. The van der Waals surface area contributed by atoms with Crippen molar-refractivity contribution in [2.75, 3.05) is 5.32 Å². The summed E-state index contributed by atoms with van der Waals surface area (Å²) in [5, 5.41) is 9.13. The van der Waals surface area contributed by atoms with E-state index in [9.17, 15) is 13.2 Å². The van der Waals surface area contributed by atoms with Crippen LogP contribution in [0, 0.1) is 11.8 Å². The summed E-state index contributed by atoms with van der Waals surface area (Å²) in [4.78, 5) is 0. The molecule has 1 fully saturated rings. The zero-order valence-electron chi connectivity index (χ0n) is 9.58. The SMILES string of the molecule is CC1CCC(Nc2nnc(C(F)(F)F)s2)C1C. The molecule has 3 atom stereocenters. The Bertz CT molecular complexity index is 390. The molecule has 0 saturated heterocycles. The van der Waals surface area contributed by atoms with Gasteiger partial charge in [-0.05, 0) is 24.7 Å². The Hall–Kier alpha value is -0.850. The van der Waals surface area contributed by atoms with Crippen molar-refractivity contribution in [3.8, 4) is 0 Å². The topological polar surface area (TPSA) is 37.8 Å². The number of aromatic nitrogens is 2. The molecule has 1 N–H and O–H groups in total. The molecule has 1 saturated carbocycles. The second kappa shape index (κ2) is 4.44. The minimum absolute atomic E-state index is 0.207. The lowest BCUT2D eigenvalue weighted by molar-refractivity contribution is -0.138. The predicted molar refractivity (Wildman–Crippen MR) is 59.9 cm³/mol. The van der Waals surface area contributed by atoms with Gasteiger partial charge in [-0.2, -0.15) is 13.2 Å². The summed E-state index contributed by atoms with van der Waals surface area (Å²) >= 11 is 0.572.